The molecule has 0 unspecified atom stereocenters. The Hall–Kier alpha value is -0.110. The number of carbonyl (C=O) groups is 1. The lowest BCUT2D eigenvalue weighted by atomic mass is 10.3. The van der Waals surface area contributed by atoms with Crippen LogP contribution in [0.2, 0.25) is 0 Å². The molecule has 0 aliphatic carbocycles. The Morgan fingerprint density at radius 1 is 1.58 bits per heavy atom. The molecule has 0 bridgehead atoms. The summed E-state index contributed by atoms with van der Waals surface area (Å²) in [6.45, 7) is 0. The highest BCUT2D eigenvalue weighted by Gasteiger charge is 2.42. The van der Waals surface area contributed by atoms with Gasteiger partial charge in [-0.15, -0.1) is 0 Å². The number of hydrogen-bond acceptors (Lipinski definition) is 5. The van der Waals surface area contributed by atoms with Crippen molar-refractivity contribution in [2.75, 3.05) is 5.75 Å². The molecule has 0 spiro atoms. The molecule has 12 heavy (non-hydrogen) atoms. The average molecular weight is 218 g/mol. The predicted molar refractivity (Wildman–Crippen MR) is 39.6 cm³/mol. The van der Waals surface area contributed by atoms with Gasteiger partial charge in [-0.05, 0) is 0 Å². The van der Waals surface area contributed by atoms with Crippen LogP contribution in [0.15, 0.2) is 0 Å². The third-order valence-electron chi connectivity index (χ3n) is 0.818. The molecule has 0 aliphatic heterocycles. The van der Waals surface area contributed by atoms with Gasteiger partial charge in [0.2, 0.25) is 0 Å². The minimum Gasteiger partial charge on any atom is -0.477 e. The molecule has 0 amide bonds. The van der Waals surface area contributed by atoms with Gasteiger partial charge in [-0.3, -0.25) is 0 Å². The van der Waals surface area contributed by atoms with Crippen LogP contribution in [0.3, 0.4) is 0 Å². The minimum absolute atomic E-state index is 0.770. The van der Waals surface area contributed by atoms with Gasteiger partial charge in [0.15, 0.2) is 0 Å². The zero-order chi connectivity index (χ0) is 9.99. The smallest absolute Gasteiger partial charge is 0.472 e. The van der Waals surface area contributed by atoms with Crippen LogP contribution in [0.25, 0.3) is 0 Å². The Morgan fingerprint density at radius 3 is 2.08 bits per heavy atom. The molecule has 4 N–H and O–H groups in total. The van der Waals surface area contributed by atoms with Crippen molar-refractivity contribution in [1.29, 1.82) is 0 Å². The summed E-state index contributed by atoms with van der Waals surface area (Å²) in [5, 5.41) is 17.1. The second-order valence-corrected chi connectivity index (χ2v) is 3.31. The fourth-order valence-corrected chi connectivity index (χ4v) is 1.17. The van der Waals surface area contributed by atoms with E-state index in [4.69, 9.17) is 20.0 Å². The van der Waals surface area contributed by atoms with E-state index in [1.54, 1.807) is 0 Å². The molecule has 7 nitrogen and oxygen atoms in total. The summed E-state index contributed by atoms with van der Waals surface area (Å²) in [4.78, 5) is 26.5. The number of hydrogen-bond donors (Lipinski definition) is 5. The van der Waals surface area contributed by atoms with E-state index in [0.29, 0.717) is 0 Å². The first-order chi connectivity index (χ1) is 5.21. The number of aliphatic carboxylic acids is 1. The topological polar surface area (TPSA) is 124 Å². The van der Waals surface area contributed by atoms with Gasteiger partial charge in [0.1, 0.15) is 0 Å². The van der Waals surface area contributed by atoms with Crippen molar-refractivity contribution in [3.05, 3.63) is 0 Å². The van der Waals surface area contributed by atoms with Crippen molar-refractivity contribution >= 4 is 26.4 Å². The molecule has 0 aromatic rings. The van der Waals surface area contributed by atoms with Crippen LogP contribution in [-0.4, -0.2) is 37.5 Å². The number of carboxylic acids is 1. The van der Waals surface area contributed by atoms with E-state index in [2.05, 4.69) is 17.2 Å². The Bertz CT molecular complexity index is 223. The van der Waals surface area contributed by atoms with E-state index in [1.165, 1.54) is 0 Å². The molecule has 9 heteroatoms. The summed E-state index contributed by atoms with van der Waals surface area (Å²) >= 11 is 3.35. The van der Waals surface area contributed by atoms with Crippen LogP contribution in [0, 0.1) is 0 Å². The van der Waals surface area contributed by atoms with E-state index >= 15 is 0 Å². The Labute approximate surface area is 72.6 Å². The molecule has 0 aromatic heterocycles. The Kier molecular flexibility index (Phi) is 3.70. The summed E-state index contributed by atoms with van der Waals surface area (Å²) in [5.74, 6) is -5.64. The van der Waals surface area contributed by atoms with Crippen molar-refractivity contribution in [3.8, 4) is 0 Å². The lowest BCUT2D eigenvalue weighted by Gasteiger charge is -2.20. The summed E-state index contributed by atoms with van der Waals surface area (Å²) in [7, 11) is -5.04. The van der Waals surface area contributed by atoms with Crippen LogP contribution in [0.4, 0.5) is 0 Å². The van der Waals surface area contributed by atoms with Crippen LogP contribution >= 0.6 is 20.5 Å². The van der Waals surface area contributed by atoms with Crippen molar-refractivity contribution in [3.63, 3.8) is 0 Å². The third kappa shape index (κ3) is 3.53. The molecular weight excluding hydrogens is 211 g/mol. The summed E-state index contributed by atoms with van der Waals surface area (Å²) in [5.41, 5.74) is 0. The van der Waals surface area contributed by atoms with Gasteiger partial charge in [-0.1, -0.05) is 0 Å². The monoisotopic (exact) mass is 218 g/mol. The Balaban J connectivity index is 4.57. The largest absolute Gasteiger partial charge is 0.477 e. The third-order valence-corrected chi connectivity index (χ3v) is 1.79. The highest BCUT2D eigenvalue weighted by Crippen LogP contribution is 2.40. The second-order valence-electron chi connectivity index (χ2n) is 1.83. The van der Waals surface area contributed by atoms with Gasteiger partial charge in [-0.25, -0.2) is 13.9 Å². The zero-order valence-corrected chi connectivity index (χ0v) is 7.40. The number of thiol groups is 1. The van der Waals surface area contributed by atoms with Crippen LogP contribution in [0.5, 0.6) is 0 Å². The van der Waals surface area contributed by atoms with E-state index in [0.717, 1.165) is 0 Å². The fourth-order valence-electron chi connectivity index (χ4n) is 0.332. The summed E-state index contributed by atoms with van der Waals surface area (Å²) in [6, 6.07) is 0. The molecule has 1 atom stereocenters. The minimum atomic E-state index is -5.04. The second kappa shape index (κ2) is 3.73. The van der Waals surface area contributed by atoms with E-state index in [9.17, 15) is 9.36 Å². The van der Waals surface area contributed by atoms with Gasteiger partial charge in [-0.2, -0.15) is 12.6 Å². The van der Waals surface area contributed by atoms with Gasteiger partial charge in [0, 0.05) is 0 Å². The fraction of sp³-hybridized carbons (Fsp3) is 0.667. The normalized spacial score (nSPS) is 17.0. The van der Waals surface area contributed by atoms with Gasteiger partial charge < -0.3 is 20.0 Å². The molecule has 0 aromatic carbocycles. The maximum atomic E-state index is 10.2. The first-order valence-corrected chi connectivity index (χ1v) is 4.70. The van der Waals surface area contributed by atoms with E-state index < -0.39 is 25.3 Å². The maximum absolute atomic E-state index is 10.2. The molecular formula is C3H7O7PS. The van der Waals surface area contributed by atoms with Crippen molar-refractivity contribution in [1.82, 2.24) is 0 Å². The first kappa shape index (κ1) is 11.9. The molecule has 0 radical (unpaired) electrons. The maximum Gasteiger partial charge on any atom is 0.472 e. The molecule has 0 aliphatic rings. The molecule has 0 fully saturated rings. The molecule has 0 saturated carbocycles. The lowest BCUT2D eigenvalue weighted by Crippen LogP contribution is -2.42. The highest BCUT2D eigenvalue weighted by atomic mass is 32.1. The number of phosphoric acid groups is 1. The predicted octanol–water partition coefficient (Wildman–Crippen LogP) is -1.20. The van der Waals surface area contributed by atoms with E-state index in [1.807, 2.05) is 0 Å². The van der Waals surface area contributed by atoms with Crippen LogP contribution in [-0.2, 0) is 13.9 Å². The molecule has 0 heterocycles. The van der Waals surface area contributed by atoms with E-state index in [-0.39, 0.29) is 0 Å². The highest BCUT2D eigenvalue weighted by molar-refractivity contribution is 7.80. The Morgan fingerprint density at radius 2 is 2.00 bits per heavy atom. The van der Waals surface area contributed by atoms with Crippen molar-refractivity contribution in [2.24, 2.45) is 0 Å². The molecule has 0 rings (SSSR count). The summed E-state index contributed by atoms with van der Waals surface area (Å²) < 4.78 is 13.7. The molecule has 72 valence electrons. The average Bonchev–Trinajstić information content (AvgIpc) is 1.83. The SMILES string of the molecule is O=C(O)[C@](O)(CS)OP(=O)(O)O. The van der Waals surface area contributed by atoms with Gasteiger partial charge >= 0.3 is 13.8 Å². The zero-order valence-electron chi connectivity index (χ0n) is 5.62. The number of phosphoric ester groups is 1. The van der Waals surface area contributed by atoms with Crippen molar-refractivity contribution in [2.45, 2.75) is 5.79 Å². The van der Waals surface area contributed by atoms with Crippen molar-refractivity contribution < 1.29 is 33.9 Å². The number of carboxylic acid groups (broad SMARTS) is 1. The first-order valence-electron chi connectivity index (χ1n) is 2.54. The van der Waals surface area contributed by atoms with Gasteiger partial charge in [0.05, 0.1) is 5.75 Å². The number of rotatable bonds is 4. The lowest BCUT2D eigenvalue weighted by molar-refractivity contribution is -0.190. The van der Waals surface area contributed by atoms with Crippen LogP contribution < -0.4 is 0 Å². The number of aliphatic hydroxyl groups is 1. The quantitative estimate of drug-likeness (QED) is 0.228. The summed E-state index contributed by atoms with van der Waals surface area (Å²) in [6.07, 6.45) is 0. The molecule has 0 saturated heterocycles. The standard InChI is InChI=1S/C3H7O7PS/c4-2(5)3(6,1-12)10-11(7,8)9/h6,12H,1H2,(H,4,5)(H2,7,8,9)/t3-/m0/s1. The van der Waals surface area contributed by atoms with Crippen LogP contribution in [0.1, 0.15) is 0 Å². The van der Waals surface area contributed by atoms with Gasteiger partial charge in [0.25, 0.3) is 5.79 Å².